The quantitative estimate of drug-likeness (QED) is 0.336. The van der Waals surface area contributed by atoms with Crippen molar-refractivity contribution < 1.29 is 14.6 Å². The monoisotopic (exact) mass is 483 g/mol. The van der Waals surface area contributed by atoms with Gasteiger partial charge in [0.05, 0.1) is 22.7 Å². The van der Waals surface area contributed by atoms with E-state index in [0.29, 0.717) is 47.9 Å². The summed E-state index contributed by atoms with van der Waals surface area (Å²) in [5.74, 6) is -0.263. The van der Waals surface area contributed by atoms with Crippen LogP contribution in [0, 0.1) is 11.2 Å². The van der Waals surface area contributed by atoms with Crippen LogP contribution >= 0.6 is 11.6 Å². The molecule has 1 aliphatic rings. The van der Waals surface area contributed by atoms with Gasteiger partial charge in [-0.05, 0) is 61.6 Å². The topological polar surface area (TPSA) is 123 Å². The molecule has 0 unspecified atom stereocenters. The summed E-state index contributed by atoms with van der Waals surface area (Å²) in [6.07, 6.45) is 3.91. The van der Waals surface area contributed by atoms with Gasteiger partial charge in [-0.1, -0.05) is 18.5 Å². The predicted molar refractivity (Wildman–Crippen MR) is 132 cm³/mol. The van der Waals surface area contributed by atoms with E-state index < -0.39 is 23.4 Å². The number of nitrogen functional groups attached to an aromatic ring is 2. The fourth-order valence-electron chi connectivity index (χ4n) is 5.43. The Bertz CT molecular complexity index is 1390. The fourth-order valence-corrected chi connectivity index (χ4v) is 5.59. The number of nitrogens with zero attached hydrogens (tertiary/aromatic N) is 3. The van der Waals surface area contributed by atoms with Crippen LogP contribution in [-0.4, -0.2) is 37.0 Å². The normalized spacial score (nSPS) is 24.9. The zero-order valence-corrected chi connectivity index (χ0v) is 19.5. The highest BCUT2D eigenvalue weighted by Crippen LogP contribution is 2.50. The Kier molecular flexibility index (Phi) is 5.62. The molecule has 3 aromatic heterocycles. The van der Waals surface area contributed by atoms with Crippen molar-refractivity contribution in [3.8, 4) is 0 Å². The fraction of sp³-hybridized carbons (Fsp3) is 0.360. The summed E-state index contributed by atoms with van der Waals surface area (Å²) in [5.41, 5.74) is 13.8. The van der Waals surface area contributed by atoms with Gasteiger partial charge in [-0.3, -0.25) is 0 Å². The Labute approximate surface area is 201 Å². The van der Waals surface area contributed by atoms with Crippen molar-refractivity contribution in [1.29, 1.82) is 0 Å². The molecule has 9 heteroatoms. The second-order valence-corrected chi connectivity index (χ2v) is 9.69. The minimum atomic E-state index is -0.962. The highest BCUT2D eigenvalue weighted by molar-refractivity contribution is 6.33. The lowest BCUT2D eigenvalue weighted by Crippen LogP contribution is -2.36. The third-order valence-corrected chi connectivity index (χ3v) is 7.81. The van der Waals surface area contributed by atoms with Crippen LogP contribution in [0.1, 0.15) is 37.8 Å². The summed E-state index contributed by atoms with van der Waals surface area (Å²) >= 11 is 6.00. The van der Waals surface area contributed by atoms with Crippen LogP contribution in [0.4, 0.5) is 15.9 Å². The summed E-state index contributed by atoms with van der Waals surface area (Å²) in [4.78, 5) is 8.67. The van der Waals surface area contributed by atoms with Crippen molar-refractivity contribution in [2.75, 3.05) is 11.5 Å². The van der Waals surface area contributed by atoms with Crippen LogP contribution in [0.15, 0.2) is 42.7 Å². The number of aryl methyl sites for hydroxylation is 1. The van der Waals surface area contributed by atoms with Crippen LogP contribution in [0.25, 0.3) is 21.9 Å². The molecule has 1 aliphatic carbocycles. The summed E-state index contributed by atoms with van der Waals surface area (Å²) in [5, 5.41) is 23.5. The van der Waals surface area contributed by atoms with Crippen molar-refractivity contribution in [2.24, 2.45) is 5.41 Å². The molecule has 4 atom stereocenters. The van der Waals surface area contributed by atoms with Crippen molar-refractivity contribution in [2.45, 2.75) is 50.9 Å². The molecule has 0 radical (unpaired) electrons. The van der Waals surface area contributed by atoms with E-state index in [0.717, 1.165) is 10.9 Å². The molecule has 178 valence electrons. The van der Waals surface area contributed by atoms with Crippen LogP contribution in [0.3, 0.4) is 0 Å². The summed E-state index contributed by atoms with van der Waals surface area (Å²) < 4.78 is 16.7. The van der Waals surface area contributed by atoms with Crippen molar-refractivity contribution >= 4 is 45.0 Å². The third kappa shape index (κ3) is 3.57. The average molecular weight is 484 g/mol. The summed E-state index contributed by atoms with van der Waals surface area (Å²) in [6.45, 7) is 2.01. The third-order valence-electron chi connectivity index (χ3n) is 7.51. The Balaban J connectivity index is 1.43. The maximum atomic E-state index is 14.8. The number of benzene rings is 1. The SMILES string of the molecule is CC[C@]1(CCc2cc(F)c3cc(Cl)c(N)nc3c2)C[C@@H](n2ccc3c(N)ccnc32)[C@H](O)[C@@H]1O. The minimum Gasteiger partial charge on any atom is -0.398 e. The molecule has 6 N–H and O–H groups in total. The number of hydrogen-bond acceptors (Lipinski definition) is 6. The molecule has 1 fully saturated rings. The molecule has 1 aromatic carbocycles. The number of pyridine rings is 2. The van der Waals surface area contributed by atoms with Crippen LogP contribution < -0.4 is 11.5 Å². The number of nitrogens with two attached hydrogens (primary N) is 2. The lowest BCUT2D eigenvalue weighted by Gasteiger charge is -2.32. The molecule has 34 heavy (non-hydrogen) atoms. The van der Waals surface area contributed by atoms with Crippen LogP contribution in [-0.2, 0) is 6.42 Å². The van der Waals surface area contributed by atoms with Crippen molar-refractivity contribution in [1.82, 2.24) is 14.5 Å². The molecular weight excluding hydrogens is 457 g/mol. The van der Waals surface area contributed by atoms with Gasteiger partial charge in [0, 0.05) is 34.3 Å². The van der Waals surface area contributed by atoms with Gasteiger partial charge in [-0.15, -0.1) is 0 Å². The van der Waals surface area contributed by atoms with E-state index in [1.54, 1.807) is 18.3 Å². The number of halogens is 2. The Morgan fingerprint density at radius 1 is 1.21 bits per heavy atom. The van der Waals surface area contributed by atoms with E-state index in [1.165, 1.54) is 12.1 Å². The van der Waals surface area contributed by atoms with Crippen LogP contribution in [0.2, 0.25) is 5.02 Å². The molecule has 0 bridgehead atoms. The highest BCUT2D eigenvalue weighted by atomic mass is 35.5. The molecule has 1 saturated carbocycles. The van der Waals surface area contributed by atoms with Gasteiger partial charge in [0.1, 0.15) is 23.4 Å². The number of anilines is 2. The predicted octanol–water partition coefficient (Wildman–Crippen LogP) is 4.24. The first-order valence-electron chi connectivity index (χ1n) is 11.4. The van der Waals surface area contributed by atoms with E-state index >= 15 is 0 Å². The molecule has 3 heterocycles. The number of fused-ring (bicyclic) bond motifs is 2. The average Bonchev–Trinajstić information content (AvgIpc) is 3.35. The molecule has 0 amide bonds. The highest BCUT2D eigenvalue weighted by Gasteiger charge is 2.52. The first-order chi connectivity index (χ1) is 16.2. The Hall–Kier alpha value is -2.94. The maximum absolute atomic E-state index is 14.8. The van der Waals surface area contributed by atoms with E-state index in [4.69, 9.17) is 23.1 Å². The van der Waals surface area contributed by atoms with E-state index in [1.807, 2.05) is 23.8 Å². The lowest BCUT2D eigenvalue weighted by atomic mass is 9.76. The maximum Gasteiger partial charge on any atom is 0.142 e. The molecule has 0 saturated heterocycles. The van der Waals surface area contributed by atoms with Crippen LogP contribution in [0.5, 0.6) is 0 Å². The van der Waals surface area contributed by atoms with Gasteiger partial charge in [0.25, 0.3) is 0 Å². The number of aliphatic hydroxyl groups is 2. The number of hydrogen-bond donors (Lipinski definition) is 4. The number of aromatic nitrogens is 3. The molecular formula is C25H27ClFN5O2. The summed E-state index contributed by atoms with van der Waals surface area (Å²) in [6, 6.07) is 8.03. The first-order valence-corrected chi connectivity index (χ1v) is 11.7. The zero-order chi connectivity index (χ0) is 24.2. The summed E-state index contributed by atoms with van der Waals surface area (Å²) in [7, 11) is 0. The molecule has 5 rings (SSSR count). The van der Waals surface area contributed by atoms with Crippen molar-refractivity contribution in [3.05, 3.63) is 59.1 Å². The Morgan fingerprint density at radius 3 is 2.76 bits per heavy atom. The standard InChI is InChI=1S/C25H27ClFN5O2/c1-2-25(6-3-13-9-17(27)15-11-16(26)23(29)31-19(15)10-13)12-20(21(33)22(25)34)32-8-5-14-18(28)4-7-30-24(14)32/h4-5,7-11,20-22,33-34H,2-3,6,12H2,1H3,(H2,28,30)(H2,29,31)/t20-,21+,22+,25+/m1/s1. The van der Waals surface area contributed by atoms with Gasteiger partial charge in [0.15, 0.2) is 0 Å². The minimum absolute atomic E-state index is 0.154. The van der Waals surface area contributed by atoms with E-state index in [9.17, 15) is 14.6 Å². The first kappa shape index (κ1) is 22.8. The molecule has 4 aromatic rings. The number of aliphatic hydroxyl groups excluding tert-OH is 2. The van der Waals surface area contributed by atoms with Gasteiger partial charge in [-0.2, -0.15) is 0 Å². The molecule has 7 nitrogen and oxygen atoms in total. The molecule has 0 aliphatic heterocycles. The molecule has 0 spiro atoms. The lowest BCUT2D eigenvalue weighted by molar-refractivity contribution is -0.0324. The van der Waals surface area contributed by atoms with E-state index in [2.05, 4.69) is 9.97 Å². The second kappa shape index (κ2) is 8.37. The van der Waals surface area contributed by atoms with Gasteiger partial charge < -0.3 is 26.2 Å². The second-order valence-electron chi connectivity index (χ2n) is 9.28. The largest absolute Gasteiger partial charge is 0.398 e. The van der Waals surface area contributed by atoms with Crippen molar-refractivity contribution in [3.63, 3.8) is 0 Å². The van der Waals surface area contributed by atoms with E-state index in [-0.39, 0.29) is 16.9 Å². The Morgan fingerprint density at radius 2 is 2.00 bits per heavy atom. The van der Waals surface area contributed by atoms with Gasteiger partial charge in [0.2, 0.25) is 0 Å². The van der Waals surface area contributed by atoms with Gasteiger partial charge >= 0.3 is 0 Å². The zero-order valence-electron chi connectivity index (χ0n) is 18.7. The number of rotatable bonds is 5. The smallest absolute Gasteiger partial charge is 0.142 e. The van der Waals surface area contributed by atoms with Gasteiger partial charge in [-0.25, -0.2) is 14.4 Å².